The number of hydrogen-bond acceptors (Lipinski definition) is 7. The molecular formula is C11H18N4O4S. The van der Waals surface area contributed by atoms with Gasteiger partial charge in [-0.3, -0.25) is 0 Å². The van der Waals surface area contributed by atoms with E-state index in [4.69, 9.17) is 4.74 Å². The molecule has 2 heterocycles. The van der Waals surface area contributed by atoms with Gasteiger partial charge in [0.15, 0.2) is 0 Å². The molecule has 20 heavy (non-hydrogen) atoms. The van der Waals surface area contributed by atoms with E-state index in [2.05, 4.69) is 15.3 Å². The van der Waals surface area contributed by atoms with Crippen molar-refractivity contribution in [2.75, 3.05) is 38.2 Å². The number of aliphatic hydroxyl groups is 1. The number of aliphatic hydroxyl groups excluding tert-OH is 1. The number of nitrogens with zero attached hydrogens (tertiary/aromatic N) is 3. The van der Waals surface area contributed by atoms with Crippen molar-refractivity contribution in [3.05, 3.63) is 12.4 Å². The average molecular weight is 302 g/mol. The number of sulfonamides is 1. The second-order valence-electron chi connectivity index (χ2n) is 4.30. The van der Waals surface area contributed by atoms with Crippen LogP contribution in [-0.4, -0.2) is 66.7 Å². The molecule has 0 saturated carbocycles. The summed E-state index contributed by atoms with van der Waals surface area (Å²) in [6.07, 6.45) is 2.54. The van der Waals surface area contributed by atoms with Gasteiger partial charge in [0.05, 0.1) is 38.3 Å². The van der Waals surface area contributed by atoms with E-state index in [1.807, 2.05) is 6.92 Å². The van der Waals surface area contributed by atoms with Crippen LogP contribution in [0.5, 0.6) is 0 Å². The summed E-state index contributed by atoms with van der Waals surface area (Å²) < 4.78 is 31.4. The van der Waals surface area contributed by atoms with Gasteiger partial charge in [-0.1, -0.05) is 0 Å². The molecule has 1 aliphatic heterocycles. The first-order valence-electron chi connectivity index (χ1n) is 6.36. The Morgan fingerprint density at radius 1 is 1.50 bits per heavy atom. The molecule has 0 bridgehead atoms. The fourth-order valence-electron chi connectivity index (χ4n) is 1.93. The molecule has 1 aromatic heterocycles. The molecule has 0 amide bonds. The number of hydrogen-bond donors (Lipinski definition) is 2. The molecule has 2 N–H and O–H groups in total. The second kappa shape index (κ2) is 6.44. The molecule has 1 atom stereocenters. The largest absolute Gasteiger partial charge is 0.395 e. The van der Waals surface area contributed by atoms with Crippen molar-refractivity contribution in [3.63, 3.8) is 0 Å². The van der Waals surface area contributed by atoms with E-state index in [0.717, 1.165) is 0 Å². The molecule has 2 rings (SSSR count). The predicted octanol–water partition coefficient (Wildman–Crippen LogP) is -0.710. The molecule has 0 spiro atoms. The van der Waals surface area contributed by atoms with Crippen LogP contribution in [0, 0.1) is 0 Å². The summed E-state index contributed by atoms with van der Waals surface area (Å²) in [6.45, 7) is 2.98. The molecule has 0 aliphatic carbocycles. The molecule has 0 aromatic carbocycles. The van der Waals surface area contributed by atoms with Crippen LogP contribution in [0.15, 0.2) is 17.3 Å². The Morgan fingerprint density at radius 3 is 2.80 bits per heavy atom. The molecule has 9 heteroatoms. The summed E-state index contributed by atoms with van der Waals surface area (Å²) in [6, 6.07) is -0.567. The first-order chi connectivity index (χ1) is 9.59. The third-order valence-corrected chi connectivity index (χ3v) is 4.86. The fourth-order valence-corrected chi connectivity index (χ4v) is 3.41. The van der Waals surface area contributed by atoms with Gasteiger partial charge in [-0.25, -0.2) is 18.4 Å². The zero-order chi connectivity index (χ0) is 14.6. The van der Waals surface area contributed by atoms with Crippen LogP contribution >= 0.6 is 0 Å². The molecule has 1 aromatic rings. The van der Waals surface area contributed by atoms with Crippen LogP contribution in [0.25, 0.3) is 0 Å². The van der Waals surface area contributed by atoms with Crippen molar-refractivity contribution in [1.82, 2.24) is 14.3 Å². The van der Waals surface area contributed by atoms with Gasteiger partial charge >= 0.3 is 0 Å². The number of morpholine rings is 1. The van der Waals surface area contributed by atoms with Crippen molar-refractivity contribution in [1.29, 1.82) is 0 Å². The zero-order valence-electron chi connectivity index (χ0n) is 11.2. The van der Waals surface area contributed by atoms with Crippen LogP contribution in [0.4, 0.5) is 5.95 Å². The first-order valence-corrected chi connectivity index (χ1v) is 7.80. The second-order valence-corrected chi connectivity index (χ2v) is 6.19. The summed E-state index contributed by atoms with van der Waals surface area (Å²) >= 11 is 0. The third kappa shape index (κ3) is 3.06. The maximum Gasteiger partial charge on any atom is 0.246 e. The van der Waals surface area contributed by atoms with Gasteiger partial charge in [-0.2, -0.15) is 4.31 Å². The van der Waals surface area contributed by atoms with E-state index in [1.165, 1.54) is 16.7 Å². The number of nitrogens with one attached hydrogen (secondary N) is 1. The minimum atomic E-state index is -3.71. The van der Waals surface area contributed by atoms with E-state index >= 15 is 0 Å². The van der Waals surface area contributed by atoms with E-state index in [-0.39, 0.29) is 24.7 Å². The zero-order valence-corrected chi connectivity index (χ0v) is 12.0. The lowest BCUT2D eigenvalue weighted by Crippen LogP contribution is -2.50. The molecule has 8 nitrogen and oxygen atoms in total. The van der Waals surface area contributed by atoms with Crippen molar-refractivity contribution >= 4 is 16.0 Å². The Morgan fingerprint density at radius 2 is 2.20 bits per heavy atom. The normalized spacial score (nSPS) is 20.8. The lowest BCUT2D eigenvalue weighted by Gasteiger charge is -2.33. The highest BCUT2D eigenvalue weighted by atomic mass is 32.2. The van der Waals surface area contributed by atoms with Crippen LogP contribution in [-0.2, 0) is 14.8 Å². The Hall–Kier alpha value is -1.29. The van der Waals surface area contributed by atoms with Gasteiger partial charge < -0.3 is 15.2 Å². The summed E-state index contributed by atoms with van der Waals surface area (Å²) in [4.78, 5) is 7.93. The molecule has 1 aliphatic rings. The SMILES string of the molecule is CCNc1ncc(S(=O)(=O)N2CCOCC2CO)cn1. The lowest BCUT2D eigenvalue weighted by molar-refractivity contribution is 0.0109. The van der Waals surface area contributed by atoms with E-state index in [0.29, 0.717) is 19.1 Å². The summed E-state index contributed by atoms with van der Waals surface area (Å²) in [7, 11) is -3.71. The predicted molar refractivity (Wildman–Crippen MR) is 71.8 cm³/mol. The highest BCUT2D eigenvalue weighted by Crippen LogP contribution is 2.19. The van der Waals surface area contributed by atoms with Crippen molar-refractivity contribution in [3.8, 4) is 0 Å². The van der Waals surface area contributed by atoms with Gasteiger partial charge in [0.2, 0.25) is 16.0 Å². The Kier molecular flexibility index (Phi) is 4.86. The highest BCUT2D eigenvalue weighted by Gasteiger charge is 2.34. The summed E-state index contributed by atoms with van der Waals surface area (Å²) in [5, 5.41) is 12.2. The monoisotopic (exact) mass is 302 g/mol. The Labute approximate surface area is 117 Å². The maximum atomic E-state index is 12.5. The van der Waals surface area contributed by atoms with Gasteiger partial charge in [0.1, 0.15) is 4.90 Å². The molecule has 112 valence electrons. The highest BCUT2D eigenvalue weighted by molar-refractivity contribution is 7.89. The quantitative estimate of drug-likeness (QED) is 0.740. The van der Waals surface area contributed by atoms with E-state index in [9.17, 15) is 13.5 Å². The smallest absolute Gasteiger partial charge is 0.246 e. The van der Waals surface area contributed by atoms with Crippen molar-refractivity contribution in [2.24, 2.45) is 0 Å². The Balaban J connectivity index is 2.24. The first kappa shape index (κ1) is 15.1. The minimum absolute atomic E-state index is 0.0134. The molecule has 1 saturated heterocycles. The number of aromatic nitrogens is 2. The van der Waals surface area contributed by atoms with E-state index in [1.54, 1.807) is 0 Å². The molecule has 1 fully saturated rings. The minimum Gasteiger partial charge on any atom is -0.395 e. The van der Waals surface area contributed by atoms with Gasteiger partial charge in [-0.15, -0.1) is 0 Å². The van der Waals surface area contributed by atoms with Crippen LogP contribution < -0.4 is 5.32 Å². The van der Waals surface area contributed by atoms with Crippen LogP contribution in [0.1, 0.15) is 6.92 Å². The maximum absolute atomic E-state index is 12.5. The molecular weight excluding hydrogens is 284 g/mol. The third-order valence-electron chi connectivity index (χ3n) is 2.95. The van der Waals surface area contributed by atoms with Gasteiger partial charge in [0, 0.05) is 13.1 Å². The van der Waals surface area contributed by atoms with Crippen molar-refractivity contribution in [2.45, 2.75) is 17.9 Å². The average Bonchev–Trinajstić information content (AvgIpc) is 2.48. The van der Waals surface area contributed by atoms with Crippen LogP contribution in [0.3, 0.4) is 0 Å². The lowest BCUT2D eigenvalue weighted by atomic mass is 10.3. The number of anilines is 1. The fraction of sp³-hybridized carbons (Fsp3) is 0.636. The molecule has 0 radical (unpaired) electrons. The number of ether oxygens (including phenoxy) is 1. The standard InChI is InChI=1S/C11H18N4O4S/c1-2-12-11-13-5-10(6-14-11)20(17,18)15-3-4-19-8-9(15)7-16/h5-6,9,16H,2-4,7-8H2,1H3,(H,12,13,14). The topological polar surface area (TPSA) is 105 Å². The number of rotatable bonds is 5. The van der Waals surface area contributed by atoms with Gasteiger partial charge in [-0.05, 0) is 6.92 Å². The Bertz CT molecular complexity index is 534. The molecule has 1 unspecified atom stereocenters. The summed E-state index contributed by atoms with van der Waals surface area (Å²) in [5.41, 5.74) is 0. The summed E-state index contributed by atoms with van der Waals surface area (Å²) in [5.74, 6) is 0.382. The van der Waals surface area contributed by atoms with Crippen molar-refractivity contribution < 1.29 is 18.3 Å². The van der Waals surface area contributed by atoms with E-state index < -0.39 is 16.1 Å². The van der Waals surface area contributed by atoms with Gasteiger partial charge in [0.25, 0.3) is 0 Å². The van der Waals surface area contributed by atoms with Crippen LogP contribution in [0.2, 0.25) is 0 Å².